The molecule has 0 heterocycles. The molecule has 0 saturated heterocycles. The average Bonchev–Trinajstić information content (AvgIpc) is 2.66. The molecule has 0 aromatic heterocycles. The molecule has 6 nitrogen and oxygen atoms in total. The zero-order chi connectivity index (χ0) is 21.3. The van der Waals surface area contributed by atoms with Crippen molar-refractivity contribution in [3.63, 3.8) is 0 Å². The Kier molecular flexibility index (Phi) is 5.85. The first-order valence-electron chi connectivity index (χ1n) is 11.1. The molecule has 4 aliphatic carbocycles. The minimum atomic E-state index is -0.593. The van der Waals surface area contributed by atoms with E-state index in [4.69, 9.17) is 4.74 Å². The number of hydrogen-bond acceptors (Lipinski definition) is 4. The molecule has 0 unspecified atom stereocenters. The Morgan fingerprint density at radius 3 is 2.20 bits per heavy atom. The molecule has 0 atom stereocenters. The van der Waals surface area contributed by atoms with Gasteiger partial charge in [-0.2, -0.15) is 0 Å². The van der Waals surface area contributed by atoms with Crippen molar-refractivity contribution in [1.82, 2.24) is 5.32 Å². The Bertz CT molecular complexity index is 812. The number of hydrogen-bond donors (Lipinski definition) is 2. The number of aryl methyl sites for hydroxylation is 2. The third kappa shape index (κ3) is 4.85. The zero-order valence-corrected chi connectivity index (χ0v) is 18.0. The van der Waals surface area contributed by atoms with Crippen molar-refractivity contribution < 1.29 is 19.1 Å². The number of rotatable bonds is 7. The number of carbonyl (C=O) groups is 3. The van der Waals surface area contributed by atoms with E-state index in [2.05, 4.69) is 10.6 Å². The van der Waals surface area contributed by atoms with Crippen LogP contribution in [0, 0.1) is 37.0 Å². The van der Waals surface area contributed by atoms with E-state index in [1.165, 1.54) is 19.3 Å². The standard InChI is InChI=1S/C24H32N2O4/c1-15-3-4-20(5-16(15)2)26-22(28)14-30-23(29)13-25-21(27)12-24-9-17-6-18(10-24)8-19(7-17)11-24/h3-5,17-19H,6-14H2,1-2H3,(H,25,27)(H,26,28). The molecule has 1 aromatic rings. The molecule has 0 aliphatic heterocycles. The van der Waals surface area contributed by atoms with Gasteiger partial charge < -0.3 is 15.4 Å². The van der Waals surface area contributed by atoms with Crippen LogP contribution in [-0.2, 0) is 19.1 Å². The third-order valence-electron chi connectivity index (χ3n) is 7.29. The molecule has 30 heavy (non-hydrogen) atoms. The van der Waals surface area contributed by atoms with Gasteiger partial charge >= 0.3 is 5.97 Å². The van der Waals surface area contributed by atoms with E-state index in [9.17, 15) is 14.4 Å². The second-order valence-corrected chi connectivity index (χ2v) is 9.88. The Balaban J connectivity index is 1.17. The molecule has 0 spiro atoms. The molecule has 2 N–H and O–H groups in total. The summed E-state index contributed by atoms with van der Waals surface area (Å²) in [4.78, 5) is 36.4. The van der Waals surface area contributed by atoms with Crippen LogP contribution in [0.5, 0.6) is 0 Å². The van der Waals surface area contributed by atoms with Crippen LogP contribution in [0.25, 0.3) is 0 Å². The molecule has 6 heteroatoms. The van der Waals surface area contributed by atoms with Crippen LogP contribution >= 0.6 is 0 Å². The first-order valence-corrected chi connectivity index (χ1v) is 11.1. The maximum absolute atomic E-state index is 12.5. The van der Waals surface area contributed by atoms with Crippen molar-refractivity contribution in [1.29, 1.82) is 0 Å². The summed E-state index contributed by atoms with van der Waals surface area (Å²) < 4.78 is 5.01. The molecule has 4 saturated carbocycles. The number of benzene rings is 1. The predicted molar refractivity (Wildman–Crippen MR) is 114 cm³/mol. The number of carbonyl (C=O) groups excluding carboxylic acids is 3. The van der Waals surface area contributed by atoms with Crippen LogP contribution in [0.1, 0.15) is 56.1 Å². The van der Waals surface area contributed by atoms with E-state index in [0.29, 0.717) is 12.1 Å². The largest absolute Gasteiger partial charge is 0.454 e. The lowest BCUT2D eigenvalue weighted by atomic mass is 9.49. The molecule has 1 aromatic carbocycles. The molecular formula is C24H32N2O4. The molecular weight excluding hydrogens is 380 g/mol. The summed E-state index contributed by atoms with van der Waals surface area (Å²) in [5.74, 6) is 1.32. The number of anilines is 1. The summed E-state index contributed by atoms with van der Waals surface area (Å²) >= 11 is 0. The molecule has 5 rings (SSSR count). The van der Waals surface area contributed by atoms with Crippen molar-refractivity contribution in [3.05, 3.63) is 29.3 Å². The summed E-state index contributed by atoms with van der Waals surface area (Å²) in [5, 5.41) is 5.41. The highest BCUT2D eigenvalue weighted by atomic mass is 16.5. The smallest absolute Gasteiger partial charge is 0.325 e. The van der Waals surface area contributed by atoms with E-state index in [-0.39, 0.29) is 24.5 Å². The number of amides is 2. The second kappa shape index (κ2) is 8.40. The molecule has 4 bridgehead atoms. The fraction of sp³-hybridized carbons (Fsp3) is 0.625. The Labute approximate surface area is 178 Å². The van der Waals surface area contributed by atoms with Gasteiger partial charge in [0.05, 0.1) is 0 Å². The SMILES string of the molecule is Cc1ccc(NC(=O)COC(=O)CNC(=O)CC23CC4CC(CC(C4)C2)C3)cc1C. The molecule has 162 valence electrons. The first-order chi connectivity index (χ1) is 14.3. The maximum atomic E-state index is 12.5. The normalized spacial score (nSPS) is 28.8. The van der Waals surface area contributed by atoms with Crippen molar-refractivity contribution in [2.75, 3.05) is 18.5 Å². The fourth-order valence-corrected chi connectivity index (χ4v) is 6.29. The third-order valence-corrected chi connectivity index (χ3v) is 7.29. The van der Waals surface area contributed by atoms with Crippen molar-refractivity contribution in [3.8, 4) is 0 Å². The summed E-state index contributed by atoms with van der Waals surface area (Å²) in [7, 11) is 0. The molecule has 4 fully saturated rings. The van der Waals surface area contributed by atoms with E-state index in [1.807, 2.05) is 32.0 Å². The van der Waals surface area contributed by atoms with Crippen LogP contribution in [0.4, 0.5) is 5.69 Å². The van der Waals surface area contributed by atoms with E-state index in [1.54, 1.807) is 0 Å². The summed E-state index contributed by atoms with van der Waals surface area (Å²) in [6.07, 6.45) is 8.03. The first kappa shape index (κ1) is 20.9. The van der Waals surface area contributed by atoms with Crippen LogP contribution in [0.2, 0.25) is 0 Å². The van der Waals surface area contributed by atoms with Crippen LogP contribution in [0.3, 0.4) is 0 Å². The topological polar surface area (TPSA) is 84.5 Å². The van der Waals surface area contributed by atoms with Gasteiger partial charge in [-0.1, -0.05) is 6.07 Å². The van der Waals surface area contributed by atoms with Gasteiger partial charge in [-0.05, 0) is 98.8 Å². The minimum absolute atomic E-state index is 0.0755. The van der Waals surface area contributed by atoms with Gasteiger partial charge in [0.1, 0.15) is 6.54 Å². The monoisotopic (exact) mass is 412 g/mol. The highest BCUT2D eigenvalue weighted by Crippen LogP contribution is 2.61. The lowest BCUT2D eigenvalue weighted by molar-refractivity contribution is -0.147. The van der Waals surface area contributed by atoms with E-state index >= 15 is 0 Å². The highest BCUT2D eigenvalue weighted by Gasteiger charge is 2.51. The van der Waals surface area contributed by atoms with Gasteiger partial charge in [0.15, 0.2) is 6.61 Å². The molecule has 2 amide bonds. The highest BCUT2D eigenvalue weighted by molar-refractivity contribution is 5.93. The van der Waals surface area contributed by atoms with Gasteiger partial charge in [-0.3, -0.25) is 14.4 Å². The van der Waals surface area contributed by atoms with Gasteiger partial charge in [0, 0.05) is 12.1 Å². The quantitative estimate of drug-likeness (QED) is 0.671. The Morgan fingerprint density at radius 2 is 1.60 bits per heavy atom. The lowest BCUT2D eigenvalue weighted by Crippen LogP contribution is -2.48. The minimum Gasteiger partial charge on any atom is -0.454 e. The van der Waals surface area contributed by atoms with Gasteiger partial charge in [0.25, 0.3) is 5.91 Å². The van der Waals surface area contributed by atoms with Crippen molar-refractivity contribution in [2.24, 2.45) is 23.2 Å². The lowest BCUT2D eigenvalue weighted by Gasteiger charge is -2.56. The number of esters is 1. The van der Waals surface area contributed by atoms with Crippen LogP contribution < -0.4 is 10.6 Å². The average molecular weight is 413 g/mol. The summed E-state index contributed by atoms with van der Waals surface area (Å²) in [6.45, 7) is 3.41. The van der Waals surface area contributed by atoms with Gasteiger partial charge in [-0.25, -0.2) is 0 Å². The number of ether oxygens (including phenoxy) is 1. The molecule has 0 radical (unpaired) electrons. The van der Waals surface area contributed by atoms with Gasteiger partial charge in [-0.15, -0.1) is 0 Å². The Morgan fingerprint density at radius 1 is 0.967 bits per heavy atom. The fourth-order valence-electron chi connectivity index (χ4n) is 6.29. The zero-order valence-electron chi connectivity index (χ0n) is 18.0. The van der Waals surface area contributed by atoms with Crippen LogP contribution in [0.15, 0.2) is 18.2 Å². The van der Waals surface area contributed by atoms with Crippen molar-refractivity contribution >= 4 is 23.5 Å². The molecule has 4 aliphatic rings. The van der Waals surface area contributed by atoms with Crippen molar-refractivity contribution in [2.45, 2.75) is 58.8 Å². The van der Waals surface area contributed by atoms with E-state index in [0.717, 1.165) is 48.1 Å². The van der Waals surface area contributed by atoms with Gasteiger partial charge in [0.2, 0.25) is 5.91 Å². The second-order valence-electron chi connectivity index (χ2n) is 9.88. The summed E-state index contributed by atoms with van der Waals surface area (Å²) in [5.41, 5.74) is 3.03. The van der Waals surface area contributed by atoms with E-state index < -0.39 is 11.9 Å². The maximum Gasteiger partial charge on any atom is 0.325 e. The predicted octanol–water partition coefficient (Wildman–Crippen LogP) is 3.51. The summed E-state index contributed by atoms with van der Waals surface area (Å²) in [6, 6.07) is 5.61. The number of nitrogens with one attached hydrogen (secondary N) is 2. The Hall–Kier alpha value is -2.37. The van der Waals surface area contributed by atoms with Crippen LogP contribution in [-0.4, -0.2) is 30.9 Å².